The Labute approximate surface area is 175 Å². The fourth-order valence-electron chi connectivity index (χ4n) is 3.16. The maximum atomic E-state index is 13.2. The zero-order chi connectivity index (χ0) is 21.0. The minimum absolute atomic E-state index is 0.252. The van der Waals surface area contributed by atoms with Crippen LogP contribution in [0.3, 0.4) is 0 Å². The van der Waals surface area contributed by atoms with Gasteiger partial charge in [-0.2, -0.15) is 0 Å². The Morgan fingerprint density at radius 2 is 1.66 bits per heavy atom. The molecule has 8 heteroatoms. The van der Waals surface area contributed by atoms with Gasteiger partial charge >= 0.3 is 0 Å². The number of amides is 1. The van der Waals surface area contributed by atoms with Gasteiger partial charge in [0.15, 0.2) is 5.11 Å². The zero-order valence-electron chi connectivity index (χ0n) is 16.7. The van der Waals surface area contributed by atoms with Crippen molar-refractivity contribution >= 4 is 28.9 Å². The van der Waals surface area contributed by atoms with Gasteiger partial charge in [-0.3, -0.25) is 4.79 Å². The molecule has 1 aliphatic heterocycles. The fraction of sp³-hybridized carbons (Fsp3) is 0.238. The molecule has 7 nitrogen and oxygen atoms in total. The summed E-state index contributed by atoms with van der Waals surface area (Å²) in [6.45, 7) is 1.82. The van der Waals surface area contributed by atoms with Crippen LogP contribution in [0.2, 0.25) is 0 Å². The largest absolute Gasteiger partial charge is 0.497 e. The average Bonchev–Trinajstić information content (AvgIpc) is 2.73. The van der Waals surface area contributed by atoms with Gasteiger partial charge in [-0.05, 0) is 55.5 Å². The minimum Gasteiger partial charge on any atom is -0.497 e. The molecule has 2 aromatic rings. The molecular weight excluding hydrogens is 390 g/mol. The van der Waals surface area contributed by atoms with Crippen molar-refractivity contribution in [3.05, 3.63) is 59.3 Å². The molecule has 0 saturated heterocycles. The third-order valence-electron chi connectivity index (χ3n) is 4.61. The highest BCUT2D eigenvalue weighted by atomic mass is 32.1. The summed E-state index contributed by atoms with van der Waals surface area (Å²) < 4.78 is 16.0. The van der Waals surface area contributed by atoms with E-state index < -0.39 is 6.04 Å². The first-order valence-corrected chi connectivity index (χ1v) is 9.33. The summed E-state index contributed by atoms with van der Waals surface area (Å²) in [5, 5.41) is 9.56. The van der Waals surface area contributed by atoms with Crippen molar-refractivity contribution < 1.29 is 19.0 Å². The number of benzene rings is 2. The molecular formula is C21H23N3O4S. The minimum atomic E-state index is -0.483. The third-order valence-corrected chi connectivity index (χ3v) is 4.83. The first-order chi connectivity index (χ1) is 14.0. The van der Waals surface area contributed by atoms with Crippen molar-refractivity contribution in [1.29, 1.82) is 0 Å². The normalized spacial score (nSPS) is 15.9. The van der Waals surface area contributed by atoms with Crippen LogP contribution in [0.25, 0.3) is 0 Å². The van der Waals surface area contributed by atoms with Crippen LogP contribution in [0.4, 0.5) is 5.69 Å². The summed E-state index contributed by atoms with van der Waals surface area (Å²) >= 11 is 5.32. The number of nitrogens with one attached hydrogen (secondary N) is 3. The zero-order valence-corrected chi connectivity index (χ0v) is 17.5. The SMILES string of the molecule is COc1ccc(NC(=O)C2=C(C)NC(=S)NC2c2ccc(OC)cc2OC)cc1. The molecule has 0 aromatic heterocycles. The number of hydrogen-bond acceptors (Lipinski definition) is 5. The lowest BCUT2D eigenvalue weighted by molar-refractivity contribution is -0.113. The second-order valence-corrected chi connectivity index (χ2v) is 6.77. The van der Waals surface area contributed by atoms with E-state index in [-0.39, 0.29) is 5.91 Å². The third kappa shape index (κ3) is 4.43. The number of carbonyl (C=O) groups excluding carboxylic acids is 1. The molecule has 1 atom stereocenters. The van der Waals surface area contributed by atoms with Crippen molar-refractivity contribution in [3.8, 4) is 17.2 Å². The van der Waals surface area contributed by atoms with E-state index in [0.29, 0.717) is 39.3 Å². The Morgan fingerprint density at radius 1 is 1.00 bits per heavy atom. The van der Waals surface area contributed by atoms with Crippen LogP contribution in [0.15, 0.2) is 53.7 Å². The van der Waals surface area contributed by atoms with E-state index in [4.69, 9.17) is 26.4 Å². The van der Waals surface area contributed by atoms with Crippen LogP contribution < -0.4 is 30.2 Å². The standard InChI is InChI=1S/C21H23N3O4S/c1-12-18(20(25)23-13-5-7-14(26-2)8-6-13)19(24-21(29)22-12)16-10-9-15(27-3)11-17(16)28-4/h5-11,19H,1-4H3,(H,23,25)(H2,22,24,29). The summed E-state index contributed by atoms with van der Waals surface area (Å²) in [5.74, 6) is 1.71. The molecule has 29 heavy (non-hydrogen) atoms. The highest BCUT2D eigenvalue weighted by molar-refractivity contribution is 7.80. The van der Waals surface area contributed by atoms with Gasteiger partial charge in [-0.15, -0.1) is 0 Å². The first kappa shape index (κ1) is 20.5. The lowest BCUT2D eigenvalue weighted by Crippen LogP contribution is -2.45. The summed E-state index contributed by atoms with van der Waals surface area (Å²) in [7, 11) is 4.76. The van der Waals surface area contributed by atoms with E-state index in [0.717, 1.165) is 5.56 Å². The van der Waals surface area contributed by atoms with Gasteiger partial charge in [0.2, 0.25) is 0 Å². The van der Waals surface area contributed by atoms with Gasteiger partial charge < -0.3 is 30.2 Å². The number of anilines is 1. The molecule has 1 heterocycles. The predicted molar refractivity (Wildman–Crippen MR) is 115 cm³/mol. The van der Waals surface area contributed by atoms with Gasteiger partial charge in [-0.1, -0.05) is 0 Å². The summed E-state index contributed by atoms with van der Waals surface area (Å²) in [4.78, 5) is 13.2. The average molecular weight is 413 g/mol. The van der Waals surface area contributed by atoms with Gasteiger partial charge in [0.25, 0.3) is 5.91 Å². The van der Waals surface area contributed by atoms with E-state index in [1.54, 1.807) is 51.7 Å². The van der Waals surface area contributed by atoms with Crippen molar-refractivity contribution in [1.82, 2.24) is 10.6 Å². The van der Waals surface area contributed by atoms with Crippen molar-refractivity contribution in [2.45, 2.75) is 13.0 Å². The van der Waals surface area contributed by atoms with Crippen molar-refractivity contribution in [2.24, 2.45) is 0 Å². The predicted octanol–water partition coefficient (Wildman–Crippen LogP) is 3.14. The van der Waals surface area contributed by atoms with Gasteiger partial charge in [0.05, 0.1) is 32.9 Å². The van der Waals surface area contributed by atoms with Crippen LogP contribution in [-0.2, 0) is 4.79 Å². The molecule has 0 fully saturated rings. The van der Waals surface area contributed by atoms with E-state index in [1.165, 1.54) is 0 Å². The highest BCUT2D eigenvalue weighted by Gasteiger charge is 2.32. The fourth-order valence-corrected chi connectivity index (χ4v) is 3.43. The Morgan fingerprint density at radius 3 is 2.28 bits per heavy atom. The van der Waals surface area contributed by atoms with E-state index in [1.807, 2.05) is 19.1 Å². The van der Waals surface area contributed by atoms with Crippen LogP contribution in [0.1, 0.15) is 18.5 Å². The lowest BCUT2D eigenvalue weighted by Gasteiger charge is -2.31. The summed E-state index contributed by atoms with van der Waals surface area (Å²) in [6.07, 6.45) is 0. The molecule has 3 N–H and O–H groups in total. The Kier molecular flexibility index (Phi) is 6.23. The smallest absolute Gasteiger partial charge is 0.255 e. The number of thiocarbonyl (C=S) groups is 1. The molecule has 0 aliphatic carbocycles. The van der Waals surface area contributed by atoms with Crippen molar-refractivity contribution in [2.75, 3.05) is 26.6 Å². The number of ether oxygens (including phenoxy) is 3. The van der Waals surface area contributed by atoms with Gasteiger partial charge in [0.1, 0.15) is 17.2 Å². The molecule has 152 valence electrons. The lowest BCUT2D eigenvalue weighted by atomic mass is 9.94. The number of rotatable bonds is 6. The monoisotopic (exact) mass is 413 g/mol. The van der Waals surface area contributed by atoms with Crippen LogP contribution >= 0.6 is 12.2 Å². The molecule has 0 radical (unpaired) electrons. The molecule has 1 unspecified atom stereocenters. The molecule has 2 aromatic carbocycles. The number of allylic oxidation sites excluding steroid dienone is 1. The molecule has 1 amide bonds. The van der Waals surface area contributed by atoms with Crippen molar-refractivity contribution in [3.63, 3.8) is 0 Å². The van der Waals surface area contributed by atoms with Gasteiger partial charge in [-0.25, -0.2) is 0 Å². The van der Waals surface area contributed by atoms with E-state index >= 15 is 0 Å². The Bertz CT molecular complexity index is 957. The topological polar surface area (TPSA) is 80.9 Å². The van der Waals surface area contributed by atoms with Gasteiger partial charge in [0, 0.05) is 23.0 Å². The van der Waals surface area contributed by atoms with Crippen LogP contribution in [0, 0.1) is 0 Å². The van der Waals surface area contributed by atoms with Crippen LogP contribution in [0.5, 0.6) is 17.2 Å². The van der Waals surface area contributed by atoms with Crippen LogP contribution in [-0.4, -0.2) is 32.3 Å². The second-order valence-electron chi connectivity index (χ2n) is 6.36. The summed E-state index contributed by atoms with van der Waals surface area (Å²) in [6, 6.07) is 12.1. The highest BCUT2D eigenvalue weighted by Crippen LogP contribution is 2.35. The first-order valence-electron chi connectivity index (χ1n) is 8.92. The molecule has 1 aliphatic rings. The molecule has 0 bridgehead atoms. The maximum absolute atomic E-state index is 13.2. The molecule has 0 spiro atoms. The molecule has 0 saturated carbocycles. The maximum Gasteiger partial charge on any atom is 0.255 e. The summed E-state index contributed by atoms with van der Waals surface area (Å²) in [5.41, 5.74) is 2.61. The quantitative estimate of drug-likeness (QED) is 0.628. The number of methoxy groups -OCH3 is 3. The number of carbonyl (C=O) groups is 1. The number of hydrogen-bond donors (Lipinski definition) is 3. The Hall–Kier alpha value is -3.26. The van der Waals surface area contributed by atoms with E-state index in [9.17, 15) is 4.79 Å². The molecule has 3 rings (SSSR count). The van der Waals surface area contributed by atoms with E-state index in [2.05, 4.69) is 16.0 Å². The second kappa shape index (κ2) is 8.83. The Balaban J connectivity index is 1.96.